The molecule has 17 heavy (non-hydrogen) atoms. The van der Waals surface area contributed by atoms with Gasteiger partial charge in [-0.05, 0) is 46.4 Å². The molecule has 1 aliphatic heterocycles. The maximum atomic E-state index is 3.21. The Labute approximate surface area is 108 Å². The van der Waals surface area contributed by atoms with Gasteiger partial charge in [-0.2, -0.15) is 0 Å². The van der Waals surface area contributed by atoms with E-state index in [0.29, 0.717) is 0 Å². The van der Waals surface area contributed by atoms with E-state index in [4.69, 9.17) is 0 Å². The number of rotatable bonds is 8. The van der Waals surface area contributed by atoms with E-state index in [0.717, 1.165) is 6.04 Å². The van der Waals surface area contributed by atoms with Crippen molar-refractivity contribution in [3.05, 3.63) is 0 Å². The summed E-state index contributed by atoms with van der Waals surface area (Å²) in [6, 6.07) is 0.748. The minimum Gasteiger partial charge on any atom is -0.320 e. The van der Waals surface area contributed by atoms with Crippen LogP contribution in [0.1, 0.15) is 39.5 Å². The van der Waals surface area contributed by atoms with Crippen LogP contribution in [0.25, 0.3) is 0 Å². The first-order chi connectivity index (χ1) is 8.27. The van der Waals surface area contributed by atoms with Gasteiger partial charge in [-0.1, -0.05) is 19.8 Å². The molecule has 1 aliphatic rings. The second-order valence-electron chi connectivity index (χ2n) is 5.30. The van der Waals surface area contributed by atoms with Crippen LogP contribution in [0.5, 0.6) is 0 Å². The van der Waals surface area contributed by atoms with E-state index in [1.54, 1.807) is 0 Å². The molecule has 1 unspecified atom stereocenters. The van der Waals surface area contributed by atoms with Crippen LogP contribution in [-0.2, 0) is 0 Å². The number of unbranched alkanes of at least 4 members (excludes halogenated alkanes) is 3. The Morgan fingerprint density at radius 1 is 1.12 bits per heavy atom. The van der Waals surface area contributed by atoms with Crippen molar-refractivity contribution in [2.24, 2.45) is 0 Å². The standard InChI is InChI=1S/C14H31N3/c1-4-17-12-11-16(13-14(17)2)10-8-6-5-7-9-15-3/h14-15H,4-13H2,1-3H3. The largest absolute Gasteiger partial charge is 0.320 e. The van der Waals surface area contributed by atoms with Crippen LogP contribution in [0, 0.1) is 0 Å². The second kappa shape index (κ2) is 8.90. The van der Waals surface area contributed by atoms with Crippen LogP contribution in [-0.4, -0.2) is 62.2 Å². The molecule has 0 aliphatic carbocycles. The van der Waals surface area contributed by atoms with E-state index in [-0.39, 0.29) is 0 Å². The molecule has 1 N–H and O–H groups in total. The van der Waals surface area contributed by atoms with Crippen molar-refractivity contribution in [3.8, 4) is 0 Å². The van der Waals surface area contributed by atoms with E-state index >= 15 is 0 Å². The Balaban J connectivity index is 2.01. The number of likely N-dealkylation sites (N-methyl/N-ethyl adjacent to an activating group) is 1. The third-order valence-electron chi connectivity index (χ3n) is 3.91. The molecular formula is C14H31N3. The van der Waals surface area contributed by atoms with Crippen molar-refractivity contribution < 1.29 is 0 Å². The molecule has 1 atom stereocenters. The summed E-state index contributed by atoms with van der Waals surface area (Å²) in [4.78, 5) is 5.23. The van der Waals surface area contributed by atoms with Crippen LogP contribution in [0.15, 0.2) is 0 Å². The van der Waals surface area contributed by atoms with Gasteiger partial charge in [0.15, 0.2) is 0 Å². The lowest BCUT2D eigenvalue weighted by Gasteiger charge is -2.39. The first-order valence-corrected chi connectivity index (χ1v) is 7.39. The highest BCUT2D eigenvalue weighted by Crippen LogP contribution is 2.10. The summed E-state index contributed by atoms with van der Waals surface area (Å²) in [5.74, 6) is 0. The van der Waals surface area contributed by atoms with E-state index in [1.807, 2.05) is 7.05 Å². The van der Waals surface area contributed by atoms with Crippen LogP contribution >= 0.6 is 0 Å². The van der Waals surface area contributed by atoms with Gasteiger partial charge in [0.05, 0.1) is 0 Å². The summed E-state index contributed by atoms with van der Waals surface area (Å²) in [6.45, 7) is 12.1. The average molecular weight is 241 g/mol. The summed E-state index contributed by atoms with van der Waals surface area (Å²) in [7, 11) is 2.04. The van der Waals surface area contributed by atoms with E-state index in [1.165, 1.54) is 65.0 Å². The number of hydrogen-bond acceptors (Lipinski definition) is 3. The quantitative estimate of drug-likeness (QED) is 0.654. The Kier molecular flexibility index (Phi) is 7.82. The third kappa shape index (κ3) is 5.84. The van der Waals surface area contributed by atoms with E-state index in [9.17, 15) is 0 Å². The van der Waals surface area contributed by atoms with Crippen molar-refractivity contribution in [2.75, 3.05) is 46.3 Å². The molecule has 0 radical (unpaired) electrons. The van der Waals surface area contributed by atoms with Gasteiger partial charge < -0.3 is 10.2 Å². The molecule has 0 spiro atoms. The lowest BCUT2D eigenvalue weighted by molar-refractivity contribution is 0.0869. The highest BCUT2D eigenvalue weighted by molar-refractivity contribution is 4.77. The molecule has 0 aromatic rings. The summed E-state index contributed by atoms with van der Waals surface area (Å²) < 4.78 is 0. The summed E-state index contributed by atoms with van der Waals surface area (Å²) in [5, 5.41) is 3.21. The second-order valence-corrected chi connectivity index (χ2v) is 5.30. The van der Waals surface area contributed by atoms with Gasteiger partial charge in [-0.3, -0.25) is 4.90 Å². The minimum atomic E-state index is 0.748. The smallest absolute Gasteiger partial charge is 0.0195 e. The van der Waals surface area contributed by atoms with Crippen molar-refractivity contribution in [1.29, 1.82) is 0 Å². The number of nitrogens with zero attached hydrogens (tertiary/aromatic N) is 2. The third-order valence-corrected chi connectivity index (χ3v) is 3.91. The van der Waals surface area contributed by atoms with Crippen molar-refractivity contribution >= 4 is 0 Å². The number of hydrogen-bond donors (Lipinski definition) is 1. The highest BCUT2D eigenvalue weighted by atomic mass is 15.3. The van der Waals surface area contributed by atoms with Crippen molar-refractivity contribution in [2.45, 2.75) is 45.6 Å². The predicted octanol–water partition coefficient (Wildman–Crippen LogP) is 1.79. The van der Waals surface area contributed by atoms with E-state index < -0.39 is 0 Å². The minimum absolute atomic E-state index is 0.748. The van der Waals surface area contributed by atoms with Gasteiger partial charge in [-0.25, -0.2) is 0 Å². The molecule has 1 rings (SSSR count). The van der Waals surface area contributed by atoms with Crippen LogP contribution in [0.2, 0.25) is 0 Å². The zero-order valence-electron chi connectivity index (χ0n) is 12.0. The molecule has 0 amide bonds. The van der Waals surface area contributed by atoms with Gasteiger partial charge in [0, 0.05) is 25.7 Å². The summed E-state index contributed by atoms with van der Waals surface area (Å²) in [5.41, 5.74) is 0. The molecule has 1 heterocycles. The Morgan fingerprint density at radius 2 is 1.88 bits per heavy atom. The van der Waals surface area contributed by atoms with Gasteiger partial charge in [-0.15, -0.1) is 0 Å². The Hall–Kier alpha value is -0.120. The molecule has 3 heteroatoms. The van der Waals surface area contributed by atoms with Crippen molar-refractivity contribution in [1.82, 2.24) is 15.1 Å². The van der Waals surface area contributed by atoms with Crippen LogP contribution in [0.3, 0.4) is 0 Å². The average Bonchev–Trinajstić information content (AvgIpc) is 2.34. The zero-order chi connectivity index (χ0) is 12.5. The van der Waals surface area contributed by atoms with Gasteiger partial charge >= 0.3 is 0 Å². The molecule has 0 aromatic carbocycles. The highest BCUT2D eigenvalue weighted by Gasteiger charge is 2.21. The van der Waals surface area contributed by atoms with Crippen molar-refractivity contribution in [3.63, 3.8) is 0 Å². The fourth-order valence-corrected chi connectivity index (χ4v) is 2.73. The van der Waals surface area contributed by atoms with Crippen LogP contribution in [0.4, 0.5) is 0 Å². The Bertz CT molecular complexity index is 184. The van der Waals surface area contributed by atoms with Gasteiger partial charge in [0.25, 0.3) is 0 Å². The summed E-state index contributed by atoms with van der Waals surface area (Å²) in [6.07, 6.45) is 5.48. The normalized spacial score (nSPS) is 23.1. The maximum Gasteiger partial charge on any atom is 0.0195 e. The number of nitrogens with one attached hydrogen (secondary N) is 1. The topological polar surface area (TPSA) is 18.5 Å². The first-order valence-electron chi connectivity index (χ1n) is 7.39. The fourth-order valence-electron chi connectivity index (χ4n) is 2.73. The lowest BCUT2D eigenvalue weighted by Crippen LogP contribution is -2.51. The maximum absolute atomic E-state index is 3.21. The van der Waals surface area contributed by atoms with Crippen LogP contribution < -0.4 is 5.32 Å². The predicted molar refractivity (Wildman–Crippen MR) is 75.5 cm³/mol. The molecule has 102 valence electrons. The SMILES string of the molecule is CCN1CCN(CCCCCCNC)CC1C. The first kappa shape index (κ1) is 14.9. The lowest BCUT2D eigenvalue weighted by atomic mass is 10.1. The molecule has 0 saturated carbocycles. The molecule has 0 aromatic heterocycles. The van der Waals surface area contributed by atoms with E-state index in [2.05, 4.69) is 29.0 Å². The molecular weight excluding hydrogens is 210 g/mol. The molecule has 1 fully saturated rings. The Morgan fingerprint density at radius 3 is 2.53 bits per heavy atom. The zero-order valence-corrected chi connectivity index (χ0v) is 12.0. The molecule has 3 nitrogen and oxygen atoms in total. The monoisotopic (exact) mass is 241 g/mol. The molecule has 1 saturated heterocycles. The fraction of sp³-hybridized carbons (Fsp3) is 1.00. The van der Waals surface area contributed by atoms with Gasteiger partial charge in [0.2, 0.25) is 0 Å². The number of piperazine rings is 1. The summed E-state index contributed by atoms with van der Waals surface area (Å²) >= 11 is 0. The molecule has 0 bridgehead atoms. The van der Waals surface area contributed by atoms with Gasteiger partial charge in [0.1, 0.15) is 0 Å².